The first-order chi connectivity index (χ1) is 11.3. The molecule has 1 aromatic carbocycles. The molecule has 0 radical (unpaired) electrons. The Hall–Kier alpha value is -1.79. The van der Waals surface area contributed by atoms with Crippen molar-refractivity contribution in [2.45, 2.75) is 31.1 Å². The Balaban J connectivity index is 1.52. The van der Waals surface area contributed by atoms with Crippen molar-refractivity contribution in [1.82, 2.24) is 14.1 Å². The minimum atomic E-state index is -0.0265. The third-order valence-corrected chi connectivity index (χ3v) is 6.04. The molecule has 23 heavy (non-hydrogen) atoms. The van der Waals surface area contributed by atoms with Crippen molar-refractivity contribution in [1.29, 1.82) is 0 Å². The zero-order valence-electron chi connectivity index (χ0n) is 12.6. The molecule has 0 spiro atoms. The summed E-state index contributed by atoms with van der Waals surface area (Å²) in [7, 11) is 0. The molecule has 0 unspecified atom stereocenters. The molecule has 1 fully saturated rings. The predicted molar refractivity (Wildman–Crippen MR) is 94.2 cm³/mol. The number of nitrogens with one attached hydrogen (secondary N) is 1. The van der Waals surface area contributed by atoms with Gasteiger partial charge in [-0.25, -0.2) is 0 Å². The Bertz CT molecular complexity index is 819. The number of benzene rings is 1. The van der Waals surface area contributed by atoms with Gasteiger partial charge >= 0.3 is 0 Å². The largest absolute Gasteiger partial charge is 0.351 e. The highest BCUT2D eigenvalue weighted by molar-refractivity contribution is 7.08. The van der Waals surface area contributed by atoms with Crippen LogP contribution in [-0.4, -0.2) is 21.2 Å². The van der Waals surface area contributed by atoms with E-state index in [2.05, 4.69) is 30.9 Å². The minimum absolute atomic E-state index is 0.0265. The van der Waals surface area contributed by atoms with Crippen molar-refractivity contribution in [3.05, 3.63) is 46.2 Å². The summed E-state index contributed by atoms with van der Waals surface area (Å²) in [6, 6.07) is 7.71. The molecule has 3 aromatic rings. The summed E-state index contributed by atoms with van der Waals surface area (Å²) in [4.78, 5) is 12.5. The average molecular weight is 343 g/mol. The van der Waals surface area contributed by atoms with Crippen LogP contribution in [0.15, 0.2) is 35.0 Å². The molecule has 4 nitrogen and oxygen atoms in total. The van der Waals surface area contributed by atoms with Crippen LogP contribution in [0.4, 0.5) is 0 Å². The molecular weight excluding hydrogens is 326 g/mol. The molecule has 1 aliphatic rings. The third-order valence-electron chi connectivity index (χ3n) is 4.80. The number of thiophene rings is 1. The number of hydrogen-bond acceptors (Lipinski definition) is 5. The van der Waals surface area contributed by atoms with Crippen LogP contribution in [0.25, 0.3) is 11.0 Å². The maximum absolute atomic E-state index is 12.5. The maximum atomic E-state index is 12.5. The van der Waals surface area contributed by atoms with Gasteiger partial charge in [-0.3, -0.25) is 4.79 Å². The average Bonchev–Trinajstić information content (AvgIpc) is 3.33. The number of carbonyl (C=O) groups excluding carboxylic acids is 1. The van der Waals surface area contributed by atoms with Gasteiger partial charge in [-0.2, -0.15) is 20.1 Å². The highest BCUT2D eigenvalue weighted by Gasteiger charge is 2.36. The standard InChI is InChI=1S/C17H17N3OS2/c21-16(12-3-4-14-15(9-12)20-23-19-14)18-11-17(6-1-2-7-17)13-5-8-22-10-13/h3-5,8-10H,1-2,6-7,11H2,(H,18,21). The second-order valence-corrected chi connectivity index (χ2v) is 7.46. The lowest BCUT2D eigenvalue weighted by molar-refractivity contribution is 0.0943. The highest BCUT2D eigenvalue weighted by Crippen LogP contribution is 2.41. The summed E-state index contributed by atoms with van der Waals surface area (Å²) in [5.41, 5.74) is 3.78. The second kappa shape index (κ2) is 6.02. The van der Waals surface area contributed by atoms with Crippen LogP contribution in [0.2, 0.25) is 0 Å². The van der Waals surface area contributed by atoms with Crippen LogP contribution in [0.3, 0.4) is 0 Å². The fourth-order valence-corrected chi connectivity index (χ4v) is 4.76. The van der Waals surface area contributed by atoms with Crippen LogP contribution in [0.1, 0.15) is 41.6 Å². The molecule has 1 saturated carbocycles. The van der Waals surface area contributed by atoms with E-state index < -0.39 is 0 Å². The summed E-state index contributed by atoms with van der Waals surface area (Å²) in [5, 5.41) is 7.50. The molecule has 2 heterocycles. The number of aromatic nitrogens is 2. The molecule has 0 saturated heterocycles. The van der Waals surface area contributed by atoms with Gasteiger partial charge in [-0.05, 0) is 53.4 Å². The molecule has 0 atom stereocenters. The molecular formula is C17H17N3OS2. The summed E-state index contributed by atoms with van der Waals surface area (Å²) < 4.78 is 8.38. The van der Waals surface area contributed by atoms with Gasteiger partial charge in [0.05, 0.1) is 11.7 Å². The lowest BCUT2D eigenvalue weighted by Crippen LogP contribution is -2.38. The maximum Gasteiger partial charge on any atom is 0.251 e. The first-order valence-corrected chi connectivity index (χ1v) is 9.47. The normalized spacial score (nSPS) is 16.7. The van der Waals surface area contributed by atoms with Gasteiger partial charge in [-0.15, -0.1) is 0 Å². The quantitative estimate of drug-likeness (QED) is 0.779. The van der Waals surface area contributed by atoms with Crippen molar-refractivity contribution < 1.29 is 4.79 Å². The number of rotatable bonds is 4. The Labute approximate surface area is 142 Å². The summed E-state index contributed by atoms with van der Waals surface area (Å²) in [6.07, 6.45) is 4.78. The van der Waals surface area contributed by atoms with Crippen LogP contribution in [0.5, 0.6) is 0 Å². The minimum Gasteiger partial charge on any atom is -0.351 e. The number of carbonyl (C=O) groups is 1. The number of hydrogen-bond donors (Lipinski definition) is 1. The van der Waals surface area contributed by atoms with E-state index in [4.69, 9.17) is 0 Å². The number of fused-ring (bicyclic) bond motifs is 1. The van der Waals surface area contributed by atoms with Gasteiger partial charge in [0.25, 0.3) is 5.91 Å². The van der Waals surface area contributed by atoms with E-state index in [1.807, 2.05) is 18.2 Å². The first-order valence-electron chi connectivity index (χ1n) is 7.80. The number of amides is 1. The van der Waals surface area contributed by atoms with Gasteiger partial charge in [-0.1, -0.05) is 12.8 Å². The second-order valence-electron chi connectivity index (χ2n) is 6.15. The summed E-state index contributed by atoms with van der Waals surface area (Å²) >= 11 is 2.91. The highest BCUT2D eigenvalue weighted by atomic mass is 32.1. The van der Waals surface area contributed by atoms with Gasteiger partial charge in [0, 0.05) is 17.5 Å². The van der Waals surface area contributed by atoms with Crippen molar-refractivity contribution in [2.75, 3.05) is 6.54 Å². The molecule has 6 heteroatoms. The van der Waals surface area contributed by atoms with E-state index in [1.54, 1.807) is 11.3 Å². The van der Waals surface area contributed by atoms with E-state index in [1.165, 1.54) is 30.1 Å². The van der Waals surface area contributed by atoms with Gasteiger partial charge < -0.3 is 5.32 Å². The molecule has 1 N–H and O–H groups in total. The Morgan fingerprint density at radius 3 is 2.78 bits per heavy atom. The SMILES string of the molecule is O=C(NCC1(c2ccsc2)CCCC1)c1ccc2nsnc2c1. The molecule has 118 valence electrons. The van der Waals surface area contributed by atoms with E-state index in [-0.39, 0.29) is 11.3 Å². The van der Waals surface area contributed by atoms with E-state index >= 15 is 0 Å². The van der Waals surface area contributed by atoms with Crippen LogP contribution in [-0.2, 0) is 5.41 Å². The predicted octanol–water partition coefficient (Wildman–Crippen LogP) is 3.99. The van der Waals surface area contributed by atoms with Crippen LogP contribution < -0.4 is 5.32 Å². The van der Waals surface area contributed by atoms with E-state index in [9.17, 15) is 4.79 Å². The van der Waals surface area contributed by atoms with Gasteiger partial charge in [0.2, 0.25) is 0 Å². The smallest absolute Gasteiger partial charge is 0.251 e. The third kappa shape index (κ3) is 2.77. The molecule has 1 amide bonds. The van der Waals surface area contributed by atoms with E-state index in [0.717, 1.165) is 23.9 Å². The Morgan fingerprint density at radius 2 is 2.00 bits per heavy atom. The van der Waals surface area contributed by atoms with Crippen molar-refractivity contribution in [3.63, 3.8) is 0 Å². The summed E-state index contributed by atoms with van der Waals surface area (Å²) in [5.74, 6) is -0.0265. The van der Waals surface area contributed by atoms with Gasteiger partial charge in [0.15, 0.2) is 0 Å². The first kappa shape index (κ1) is 14.8. The number of nitrogens with zero attached hydrogens (tertiary/aromatic N) is 2. The zero-order chi connectivity index (χ0) is 15.7. The van der Waals surface area contributed by atoms with Crippen LogP contribution in [0, 0.1) is 0 Å². The van der Waals surface area contributed by atoms with E-state index in [0.29, 0.717) is 12.1 Å². The topological polar surface area (TPSA) is 54.9 Å². The molecule has 2 aromatic heterocycles. The molecule has 0 bridgehead atoms. The van der Waals surface area contributed by atoms with Crippen molar-refractivity contribution in [3.8, 4) is 0 Å². The lowest BCUT2D eigenvalue weighted by atomic mass is 9.80. The molecule has 1 aliphatic carbocycles. The monoisotopic (exact) mass is 343 g/mol. The van der Waals surface area contributed by atoms with Crippen LogP contribution >= 0.6 is 23.1 Å². The lowest BCUT2D eigenvalue weighted by Gasteiger charge is -2.28. The summed E-state index contributed by atoms with van der Waals surface area (Å²) in [6.45, 7) is 0.704. The molecule has 4 rings (SSSR count). The zero-order valence-corrected chi connectivity index (χ0v) is 14.3. The fourth-order valence-electron chi connectivity index (χ4n) is 3.46. The van der Waals surface area contributed by atoms with Crippen molar-refractivity contribution >= 4 is 40.0 Å². The Morgan fingerprint density at radius 1 is 1.17 bits per heavy atom. The fraction of sp³-hybridized carbons (Fsp3) is 0.353. The van der Waals surface area contributed by atoms with Gasteiger partial charge in [0.1, 0.15) is 11.0 Å². The van der Waals surface area contributed by atoms with Crippen molar-refractivity contribution in [2.24, 2.45) is 0 Å². The Kier molecular flexibility index (Phi) is 3.87. The molecule has 0 aliphatic heterocycles.